The third kappa shape index (κ3) is 3.78. The van der Waals surface area contributed by atoms with Crippen LogP contribution in [0.4, 0.5) is 0 Å². The first-order valence-corrected chi connectivity index (χ1v) is 10.4. The molecule has 6 nitrogen and oxygen atoms in total. The van der Waals surface area contributed by atoms with Crippen LogP contribution in [0.15, 0.2) is 30.3 Å². The number of aryl methyl sites for hydroxylation is 1. The Kier molecular flexibility index (Phi) is 5.67. The van der Waals surface area contributed by atoms with Crippen LogP contribution < -0.4 is 10.1 Å². The predicted molar refractivity (Wildman–Crippen MR) is 109 cm³/mol. The lowest BCUT2D eigenvalue weighted by Crippen LogP contribution is -2.51. The number of rotatable bonds is 5. The van der Waals surface area contributed by atoms with Crippen molar-refractivity contribution in [2.75, 3.05) is 26.7 Å². The number of carbonyl (C=O) groups is 1. The number of para-hydroxylation sites is 1. The number of aromatic nitrogens is 2. The number of amides is 1. The van der Waals surface area contributed by atoms with Crippen molar-refractivity contribution in [3.8, 4) is 17.0 Å². The molecular weight excluding hydrogens is 352 g/mol. The minimum atomic E-state index is -0.0518. The van der Waals surface area contributed by atoms with Gasteiger partial charge >= 0.3 is 0 Å². The van der Waals surface area contributed by atoms with Crippen LogP contribution in [-0.2, 0) is 7.05 Å². The molecule has 2 aliphatic rings. The van der Waals surface area contributed by atoms with E-state index >= 15 is 0 Å². The molecule has 2 saturated heterocycles. The Hall–Kier alpha value is -2.34. The summed E-state index contributed by atoms with van der Waals surface area (Å²) in [6, 6.07) is 10.2. The number of nitrogens with one attached hydrogen (secondary N) is 1. The number of benzene rings is 1. The van der Waals surface area contributed by atoms with Gasteiger partial charge in [0.25, 0.3) is 5.91 Å². The van der Waals surface area contributed by atoms with Crippen LogP contribution in [0.3, 0.4) is 0 Å². The molecule has 1 N–H and O–H groups in total. The maximum Gasteiger partial charge on any atom is 0.269 e. The highest BCUT2D eigenvalue weighted by Crippen LogP contribution is 2.31. The van der Waals surface area contributed by atoms with Crippen LogP contribution in [0.25, 0.3) is 11.3 Å². The largest absolute Gasteiger partial charge is 0.496 e. The summed E-state index contributed by atoms with van der Waals surface area (Å²) in [5.74, 6) is 1.26. The SMILES string of the molecule is COc1ccccc1-c1cc(C(=O)NC[C@H]2CCCN3CCCC[C@H]23)n(C)n1. The normalized spacial score (nSPS) is 22.5. The zero-order valence-corrected chi connectivity index (χ0v) is 16.9. The summed E-state index contributed by atoms with van der Waals surface area (Å²) < 4.78 is 7.09. The van der Waals surface area contributed by atoms with Gasteiger partial charge in [0, 0.05) is 25.2 Å². The van der Waals surface area contributed by atoms with E-state index in [1.807, 2.05) is 37.4 Å². The summed E-state index contributed by atoms with van der Waals surface area (Å²) in [7, 11) is 3.46. The lowest BCUT2D eigenvalue weighted by atomic mass is 9.83. The van der Waals surface area contributed by atoms with Crippen molar-refractivity contribution in [3.63, 3.8) is 0 Å². The van der Waals surface area contributed by atoms with E-state index in [0.717, 1.165) is 23.6 Å². The molecule has 0 spiro atoms. The lowest BCUT2D eigenvalue weighted by Gasteiger charge is -2.44. The van der Waals surface area contributed by atoms with Gasteiger partial charge in [-0.2, -0.15) is 5.10 Å². The van der Waals surface area contributed by atoms with Crippen molar-refractivity contribution >= 4 is 5.91 Å². The van der Waals surface area contributed by atoms with Crippen LogP contribution in [0.1, 0.15) is 42.6 Å². The highest BCUT2D eigenvalue weighted by atomic mass is 16.5. The molecule has 1 aromatic heterocycles. The third-order valence-corrected chi connectivity index (χ3v) is 6.25. The first kappa shape index (κ1) is 19.0. The number of carbonyl (C=O) groups excluding carboxylic acids is 1. The van der Waals surface area contributed by atoms with E-state index in [-0.39, 0.29) is 5.91 Å². The van der Waals surface area contributed by atoms with Crippen LogP contribution in [-0.4, -0.2) is 53.4 Å². The molecular formula is C22H30N4O2. The predicted octanol–water partition coefficient (Wildman–Crippen LogP) is 3.09. The van der Waals surface area contributed by atoms with Crippen molar-refractivity contribution in [1.82, 2.24) is 20.0 Å². The Morgan fingerprint density at radius 3 is 2.89 bits per heavy atom. The fourth-order valence-corrected chi connectivity index (χ4v) is 4.80. The molecule has 150 valence electrons. The van der Waals surface area contributed by atoms with Gasteiger partial charge < -0.3 is 15.0 Å². The molecule has 2 aromatic rings. The van der Waals surface area contributed by atoms with E-state index in [1.54, 1.807) is 11.8 Å². The van der Waals surface area contributed by atoms with Gasteiger partial charge in [-0.1, -0.05) is 18.6 Å². The standard InChI is InChI=1S/C22H30N4O2/c1-25-20(14-18(24-25)17-9-3-4-11-21(17)28-2)22(27)23-15-16-8-7-13-26-12-6-5-10-19(16)26/h3-4,9,11,14,16,19H,5-8,10,12-13,15H2,1-2H3,(H,23,27)/t16-,19-/m1/s1. The van der Waals surface area contributed by atoms with E-state index in [4.69, 9.17) is 4.74 Å². The molecule has 2 aliphatic heterocycles. The second-order valence-corrected chi connectivity index (χ2v) is 7.95. The van der Waals surface area contributed by atoms with Gasteiger partial charge in [-0.25, -0.2) is 0 Å². The third-order valence-electron chi connectivity index (χ3n) is 6.25. The monoisotopic (exact) mass is 382 g/mol. The minimum absolute atomic E-state index is 0.0518. The average molecular weight is 383 g/mol. The molecule has 0 aliphatic carbocycles. The molecule has 4 rings (SSSR count). The molecule has 1 aromatic carbocycles. The molecule has 1 amide bonds. The van der Waals surface area contributed by atoms with E-state index in [0.29, 0.717) is 17.7 Å². The van der Waals surface area contributed by atoms with Crippen molar-refractivity contribution < 1.29 is 9.53 Å². The lowest BCUT2D eigenvalue weighted by molar-refractivity contribution is 0.0574. The van der Waals surface area contributed by atoms with Gasteiger partial charge in [-0.05, 0) is 62.9 Å². The summed E-state index contributed by atoms with van der Waals surface area (Å²) in [5, 5.41) is 7.72. The van der Waals surface area contributed by atoms with Crippen molar-refractivity contribution in [2.45, 2.75) is 38.1 Å². The number of hydrogen-bond donors (Lipinski definition) is 1. The Morgan fingerprint density at radius 2 is 2.04 bits per heavy atom. The molecule has 0 unspecified atom stereocenters. The van der Waals surface area contributed by atoms with Crippen LogP contribution >= 0.6 is 0 Å². The molecule has 0 saturated carbocycles. The summed E-state index contributed by atoms with van der Waals surface area (Å²) in [6.45, 7) is 3.19. The molecule has 2 atom stereocenters. The number of nitrogens with zero attached hydrogens (tertiary/aromatic N) is 3. The molecule has 3 heterocycles. The van der Waals surface area contributed by atoms with E-state index < -0.39 is 0 Å². The van der Waals surface area contributed by atoms with Crippen molar-refractivity contribution in [2.24, 2.45) is 13.0 Å². The van der Waals surface area contributed by atoms with Crippen LogP contribution in [0.5, 0.6) is 5.75 Å². The van der Waals surface area contributed by atoms with Crippen LogP contribution in [0, 0.1) is 5.92 Å². The Labute approximate surface area is 166 Å². The van der Waals surface area contributed by atoms with Gasteiger partial charge in [0.05, 0.1) is 12.8 Å². The minimum Gasteiger partial charge on any atom is -0.496 e. The number of hydrogen-bond acceptors (Lipinski definition) is 4. The summed E-state index contributed by atoms with van der Waals surface area (Å²) in [6.07, 6.45) is 6.34. The summed E-state index contributed by atoms with van der Waals surface area (Å²) in [4.78, 5) is 15.5. The fourth-order valence-electron chi connectivity index (χ4n) is 4.80. The summed E-state index contributed by atoms with van der Waals surface area (Å²) in [5.41, 5.74) is 2.23. The van der Waals surface area contributed by atoms with E-state index in [9.17, 15) is 4.79 Å². The Morgan fingerprint density at radius 1 is 1.21 bits per heavy atom. The highest BCUT2D eigenvalue weighted by Gasteiger charge is 2.33. The second-order valence-electron chi connectivity index (χ2n) is 7.95. The Balaban J connectivity index is 1.44. The first-order valence-electron chi connectivity index (χ1n) is 10.4. The van der Waals surface area contributed by atoms with E-state index in [2.05, 4.69) is 15.3 Å². The number of piperidine rings is 2. The number of fused-ring (bicyclic) bond motifs is 1. The average Bonchev–Trinajstić information content (AvgIpc) is 3.13. The second kappa shape index (κ2) is 8.35. The van der Waals surface area contributed by atoms with E-state index in [1.165, 1.54) is 45.2 Å². The van der Waals surface area contributed by atoms with Gasteiger partial charge in [0.1, 0.15) is 11.4 Å². The number of ether oxygens (including phenoxy) is 1. The topological polar surface area (TPSA) is 59.4 Å². The van der Waals surface area contributed by atoms with Gasteiger partial charge in [0.2, 0.25) is 0 Å². The number of methoxy groups -OCH3 is 1. The first-order chi connectivity index (χ1) is 13.7. The Bertz CT molecular complexity index is 830. The molecule has 0 bridgehead atoms. The van der Waals surface area contributed by atoms with Gasteiger partial charge in [-0.15, -0.1) is 0 Å². The maximum atomic E-state index is 12.9. The fraction of sp³-hybridized carbons (Fsp3) is 0.545. The summed E-state index contributed by atoms with van der Waals surface area (Å²) >= 11 is 0. The van der Waals surface area contributed by atoms with Crippen molar-refractivity contribution in [1.29, 1.82) is 0 Å². The molecule has 2 fully saturated rings. The smallest absolute Gasteiger partial charge is 0.269 e. The molecule has 0 radical (unpaired) electrons. The van der Waals surface area contributed by atoms with Crippen LogP contribution in [0.2, 0.25) is 0 Å². The van der Waals surface area contributed by atoms with Gasteiger partial charge in [-0.3, -0.25) is 9.48 Å². The maximum absolute atomic E-state index is 12.9. The van der Waals surface area contributed by atoms with Gasteiger partial charge in [0.15, 0.2) is 0 Å². The highest BCUT2D eigenvalue weighted by molar-refractivity contribution is 5.93. The van der Waals surface area contributed by atoms with Crippen molar-refractivity contribution in [3.05, 3.63) is 36.0 Å². The quantitative estimate of drug-likeness (QED) is 0.863. The zero-order valence-electron chi connectivity index (χ0n) is 16.9. The molecule has 6 heteroatoms. The molecule has 28 heavy (non-hydrogen) atoms. The zero-order chi connectivity index (χ0) is 19.5.